The first-order chi connectivity index (χ1) is 13.1. The Kier molecular flexibility index (Phi) is 8.43. The van der Waals surface area contributed by atoms with E-state index in [1.54, 1.807) is 0 Å². The second-order valence-electron chi connectivity index (χ2n) is 6.85. The number of likely N-dealkylation sites (tertiary alicyclic amines) is 1. The Morgan fingerprint density at radius 1 is 1.30 bits per heavy atom. The standard InChI is InChI=1S/C21H34N4O2/c1-5-24(19-10-8-7-9-17(19)3)16-13-23-21(22-4)25-14-11-18(12-15-25)20(26)27-6-2/h7-10,18H,5-6,11-16H2,1-4H3,(H,22,23). The number of para-hydroxylation sites is 1. The highest BCUT2D eigenvalue weighted by molar-refractivity contribution is 5.80. The average Bonchev–Trinajstić information content (AvgIpc) is 2.69. The molecule has 150 valence electrons. The highest BCUT2D eigenvalue weighted by Crippen LogP contribution is 2.20. The molecule has 6 nitrogen and oxygen atoms in total. The van der Waals surface area contributed by atoms with Gasteiger partial charge in [0.1, 0.15) is 0 Å². The molecule has 1 N–H and O–H groups in total. The highest BCUT2D eigenvalue weighted by atomic mass is 16.5. The number of hydrogen-bond acceptors (Lipinski definition) is 4. The Hall–Kier alpha value is -2.24. The predicted molar refractivity (Wildman–Crippen MR) is 111 cm³/mol. The molecule has 1 heterocycles. The number of nitrogens with zero attached hydrogens (tertiary/aromatic N) is 3. The third-order valence-electron chi connectivity index (χ3n) is 5.13. The van der Waals surface area contributed by atoms with Crippen molar-refractivity contribution >= 4 is 17.6 Å². The largest absolute Gasteiger partial charge is 0.466 e. The fraction of sp³-hybridized carbons (Fsp3) is 0.619. The Morgan fingerprint density at radius 2 is 2.00 bits per heavy atom. The van der Waals surface area contributed by atoms with Gasteiger partial charge in [0.05, 0.1) is 12.5 Å². The Balaban J connectivity index is 1.82. The number of esters is 1. The minimum absolute atomic E-state index is 0.0240. The van der Waals surface area contributed by atoms with Crippen molar-refractivity contribution < 1.29 is 9.53 Å². The van der Waals surface area contributed by atoms with Crippen molar-refractivity contribution in [1.82, 2.24) is 10.2 Å². The van der Waals surface area contributed by atoms with E-state index in [0.717, 1.165) is 51.5 Å². The maximum Gasteiger partial charge on any atom is 0.309 e. The van der Waals surface area contributed by atoms with Gasteiger partial charge in [-0.15, -0.1) is 0 Å². The van der Waals surface area contributed by atoms with E-state index in [4.69, 9.17) is 4.74 Å². The van der Waals surface area contributed by atoms with Crippen LogP contribution in [0.5, 0.6) is 0 Å². The molecule has 0 spiro atoms. The number of nitrogens with one attached hydrogen (secondary N) is 1. The molecule has 27 heavy (non-hydrogen) atoms. The van der Waals surface area contributed by atoms with E-state index in [1.165, 1.54) is 11.3 Å². The molecule has 1 aromatic rings. The van der Waals surface area contributed by atoms with Crippen LogP contribution in [0.1, 0.15) is 32.3 Å². The zero-order valence-electron chi connectivity index (χ0n) is 17.2. The number of benzene rings is 1. The number of aryl methyl sites for hydroxylation is 1. The molecule has 1 saturated heterocycles. The molecule has 0 saturated carbocycles. The molecule has 1 aliphatic heterocycles. The van der Waals surface area contributed by atoms with Crippen LogP contribution in [-0.4, -0.2) is 63.2 Å². The number of piperidine rings is 1. The Labute approximate surface area is 163 Å². The van der Waals surface area contributed by atoms with Crippen molar-refractivity contribution in [3.63, 3.8) is 0 Å². The molecule has 1 aromatic carbocycles. The number of carbonyl (C=O) groups is 1. The molecule has 6 heteroatoms. The third-order valence-corrected chi connectivity index (χ3v) is 5.13. The van der Waals surface area contributed by atoms with Gasteiger partial charge in [0.25, 0.3) is 0 Å². The monoisotopic (exact) mass is 374 g/mol. The molecule has 0 aliphatic carbocycles. The van der Waals surface area contributed by atoms with E-state index in [9.17, 15) is 4.79 Å². The van der Waals surface area contributed by atoms with Gasteiger partial charge < -0.3 is 19.9 Å². The minimum atomic E-state index is -0.0584. The number of rotatable bonds is 7. The molecular weight excluding hydrogens is 340 g/mol. The molecule has 0 unspecified atom stereocenters. The van der Waals surface area contributed by atoms with Crippen molar-refractivity contribution in [2.75, 3.05) is 51.3 Å². The summed E-state index contributed by atoms with van der Waals surface area (Å²) < 4.78 is 5.15. The summed E-state index contributed by atoms with van der Waals surface area (Å²) in [5.74, 6) is 0.881. The van der Waals surface area contributed by atoms with Gasteiger partial charge in [0, 0.05) is 45.5 Å². The van der Waals surface area contributed by atoms with E-state index >= 15 is 0 Å². The van der Waals surface area contributed by atoms with Gasteiger partial charge in [-0.1, -0.05) is 18.2 Å². The van der Waals surface area contributed by atoms with E-state index in [1.807, 2.05) is 14.0 Å². The van der Waals surface area contributed by atoms with Gasteiger partial charge >= 0.3 is 5.97 Å². The summed E-state index contributed by atoms with van der Waals surface area (Å²) in [5.41, 5.74) is 2.58. The second kappa shape index (κ2) is 10.8. The molecular formula is C21H34N4O2. The number of aliphatic imine (C=N–C) groups is 1. The number of carbonyl (C=O) groups excluding carboxylic acids is 1. The van der Waals surface area contributed by atoms with Crippen LogP contribution in [0.4, 0.5) is 5.69 Å². The van der Waals surface area contributed by atoms with Crippen molar-refractivity contribution in [3.8, 4) is 0 Å². The van der Waals surface area contributed by atoms with Crippen LogP contribution in [0.25, 0.3) is 0 Å². The summed E-state index contributed by atoms with van der Waals surface area (Å²) in [5, 5.41) is 3.48. The van der Waals surface area contributed by atoms with E-state index in [-0.39, 0.29) is 11.9 Å². The van der Waals surface area contributed by atoms with Crippen LogP contribution in [0, 0.1) is 12.8 Å². The van der Waals surface area contributed by atoms with Crippen LogP contribution < -0.4 is 10.2 Å². The summed E-state index contributed by atoms with van der Waals surface area (Å²) in [6.07, 6.45) is 1.65. The van der Waals surface area contributed by atoms with Gasteiger partial charge in [-0.05, 0) is 45.2 Å². The third kappa shape index (κ3) is 5.88. The minimum Gasteiger partial charge on any atom is -0.466 e. The molecule has 0 amide bonds. The van der Waals surface area contributed by atoms with E-state index < -0.39 is 0 Å². The first-order valence-electron chi connectivity index (χ1n) is 10.0. The molecule has 1 fully saturated rings. The van der Waals surface area contributed by atoms with Crippen molar-refractivity contribution in [2.24, 2.45) is 10.9 Å². The van der Waals surface area contributed by atoms with Gasteiger partial charge in [-0.25, -0.2) is 0 Å². The lowest BCUT2D eigenvalue weighted by molar-refractivity contribution is -0.149. The lowest BCUT2D eigenvalue weighted by Gasteiger charge is -2.33. The molecule has 0 radical (unpaired) electrons. The quantitative estimate of drug-likeness (QED) is 0.452. The fourth-order valence-corrected chi connectivity index (χ4v) is 3.59. The SMILES string of the molecule is CCOC(=O)C1CCN(C(=NC)NCCN(CC)c2ccccc2C)CC1. The van der Waals surface area contributed by atoms with E-state index in [0.29, 0.717) is 6.61 Å². The van der Waals surface area contributed by atoms with Gasteiger partial charge in [-0.2, -0.15) is 0 Å². The van der Waals surface area contributed by atoms with Crippen LogP contribution in [0.15, 0.2) is 29.3 Å². The molecule has 0 aromatic heterocycles. The van der Waals surface area contributed by atoms with E-state index in [2.05, 4.69) is 58.2 Å². The van der Waals surface area contributed by atoms with Crippen LogP contribution >= 0.6 is 0 Å². The van der Waals surface area contributed by atoms with Crippen molar-refractivity contribution in [2.45, 2.75) is 33.6 Å². The van der Waals surface area contributed by atoms with Crippen molar-refractivity contribution in [3.05, 3.63) is 29.8 Å². The number of anilines is 1. The summed E-state index contributed by atoms with van der Waals surface area (Å²) in [6, 6.07) is 8.49. The Morgan fingerprint density at radius 3 is 2.59 bits per heavy atom. The lowest BCUT2D eigenvalue weighted by atomic mass is 9.97. The maximum absolute atomic E-state index is 11.9. The van der Waals surface area contributed by atoms with Crippen LogP contribution in [-0.2, 0) is 9.53 Å². The smallest absolute Gasteiger partial charge is 0.309 e. The van der Waals surface area contributed by atoms with Gasteiger partial charge in [0.15, 0.2) is 5.96 Å². The number of hydrogen-bond donors (Lipinski definition) is 1. The molecule has 2 rings (SSSR count). The number of guanidine groups is 1. The molecule has 0 atom stereocenters. The normalized spacial score (nSPS) is 15.6. The van der Waals surface area contributed by atoms with Gasteiger partial charge in [-0.3, -0.25) is 9.79 Å². The zero-order valence-corrected chi connectivity index (χ0v) is 17.2. The summed E-state index contributed by atoms with van der Waals surface area (Å²) in [6.45, 7) is 11.0. The lowest BCUT2D eigenvalue weighted by Crippen LogP contribution is -2.48. The summed E-state index contributed by atoms with van der Waals surface area (Å²) in [4.78, 5) is 20.9. The predicted octanol–water partition coefficient (Wildman–Crippen LogP) is 2.67. The zero-order chi connectivity index (χ0) is 19.6. The second-order valence-corrected chi connectivity index (χ2v) is 6.85. The average molecular weight is 375 g/mol. The first kappa shape index (κ1) is 21.1. The Bertz CT molecular complexity index is 624. The summed E-state index contributed by atoms with van der Waals surface area (Å²) >= 11 is 0. The summed E-state index contributed by atoms with van der Waals surface area (Å²) in [7, 11) is 1.82. The number of ether oxygens (including phenoxy) is 1. The van der Waals surface area contributed by atoms with Crippen LogP contribution in [0.3, 0.4) is 0 Å². The highest BCUT2D eigenvalue weighted by Gasteiger charge is 2.27. The van der Waals surface area contributed by atoms with Crippen LogP contribution in [0.2, 0.25) is 0 Å². The van der Waals surface area contributed by atoms with Crippen molar-refractivity contribution in [1.29, 1.82) is 0 Å². The number of likely N-dealkylation sites (N-methyl/N-ethyl adjacent to an activating group) is 1. The molecule has 1 aliphatic rings. The fourth-order valence-electron chi connectivity index (χ4n) is 3.59. The maximum atomic E-state index is 11.9. The molecule has 0 bridgehead atoms. The first-order valence-corrected chi connectivity index (χ1v) is 10.0. The topological polar surface area (TPSA) is 57.2 Å². The van der Waals surface area contributed by atoms with Gasteiger partial charge in [0.2, 0.25) is 0 Å².